The number of aryl methyl sites for hydroxylation is 2. The van der Waals surface area contributed by atoms with E-state index < -0.39 is 5.97 Å². The maximum absolute atomic E-state index is 10.4. The van der Waals surface area contributed by atoms with Crippen LogP contribution in [0.2, 0.25) is 0 Å². The molecule has 2 aromatic rings. The second-order valence-electron chi connectivity index (χ2n) is 6.86. The molecular formula is C23H28MnN2O4+2. The number of fused-ring (bicyclic) bond motifs is 4. The Morgan fingerprint density at radius 1 is 0.800 bits per heavy atom. The molecule has 6 nitrogen and oxygen atoms in total. The van der Waals surface area contributed by atoms with Gasteiger partial charge in [-0.2, -0.15) is 0 Å². The average Bonchev–Trinajstić information content (AvgIpc) is 2.67. The van der Waals surface area contributed by atoms with Crippen LogP contribution < -0.4 is 0 Å². The molecule has 0 spiro atoms. The molecule has 1 aliphatic heterocycles. The van der Waals surface area contributed by atoms with Crippen LogP contribution in [0.1, 0.15) is 48.4 Å². The summed E-state index contributed by atoms with van der Waals surface area (Å²) in [4.78, 5) is 17.7. The first-order chi connectivity index (χ1) is 14.0. The Hall–Kier alpha value is -2.63. The van der Waals surface area contributed by atoms with E-state index in [2.05, 4.69) is 9.98 Å². The molecule has 4 bridgehead atoms. The zero-order valence-corrected chi connectivity index (χ0v) is 18.3. The van der Waals surface area contributed by atoms with E-state index >= 15 is 0 Å². The smallest absolute Gasteiger partial charge is 0.507 e. The van der Waals surface area contributed by atoms with E-state index in [0.29, 0.717) is 24.6 Å². The van der Waals surface area contributed by atoms with Crippen LogP contribution in [-0.4, -0.2) is 46.8 Å². The van der Waals surface area contributed by atoms with Gasteiger partial charge in [-0.05, 0) is 48.9 Å². The van der Waals surface area contributed by atoms with E-state index in [1.54, 1.807) is 12.4 Å². The molecule has 159 valence electrons. The van der Waals surface area contributed by atoms with Crippen LogP contribution in [0.4, 0.5) is 0 Å². The van der Waals surface area contributed by atoms with Crippen molar-refractivity contribution in [3.05, 3.63) is 58.7 Å². The van der Waals surface area contributed by atoms with E-state index in [4.69, 9.17) is 9.90 Å². The van der Waals surface area contributed by atoms with Gasteiger partial charge in [0.15, 0.2) is 0 Å². The summed E-state index contributed by atoms with van der Waals surface area (Å²) in [6.07, 6.45) is 8.20. The molecule has 0 unspecified atom stereocenters. The third-order valence-corrected chi connectivity index (χ3v) is 4.51. The molecular weight excluding hydrogens is 423 g/mol. The molecule has 7 heteroatoms. The number of hydrogen-bond donors (Lipinski definition) is 3. The number of para-hydroxylation sites is 2. The fraction of sp³-hybridized carbons (Fsp3) is 0.348. The first-order valence-corrected chi connectivity index (χ1v) is 9.80. The van der Waals surface area contributed by atoms with Crippen molar-refractivity contribution >= 4 is 18.4 Å². The zero-order valence-electron chi connectivity index (χ0n) is 17.1. The van der Waals surface area contributed by atoms with Gasteiger partial charge in [0.05, 0.1) is 13.1 Å². The van der Waals surface area contributed by atoms with E-state index in [0.717, 1.165) is 61.3 Å². The predicted octanol–water partition coefficient (Wildman–Crippen LogP) is 3.99. The third kappa shape index (κ3) is 8.39. The van der Waals surface area contributed by atoms with Crippen molar-refractivity contribution in [2.45, 2.75) is 39.0 Å². The average molecular weight is 451 g/mol. The van der Waals surface area contributed by atoms with Crippen molar-refractivity contribution in [1.82, 2.24) is 0 Å². The van der Waals surface area contributed by atoms with Crippen molar-refractivity contribution in [2.75, 3.05) is 13.1 Å². The zero-order chi connectivity index (χ0) is 21.1. The Morgan fingerprint density at radius 3 is 1.60 bits per heavy atom. The van der Waals surface area contributed by atoms with Gasteiger partial charge in [-0.25, -0.2) is 0 Å². The molecule has 3 N–H and O–H groups in total. The van der Waals surface area contributed by atoms with Crippen LogP contribution >= 0.6 is 0 Å². The molecule has 0 fully saturated rings. The van der Waals surface area contributed by atoms with Gasteiger partial charge in [-0.15, -0.1) is 0 Å². The summed E-state index contributed by atoms with van der Waals surface area (Å²) in [6.45, 7) is 2.17. The minimum absolute atomic E-state index is 0. The van der Waals surface area contributed by atoms with Gasteiger partial charge < -0.3 is 15.3 Å². The number of phenols is 2. The van der Waals surface area contributed by atoms with Gasteiger partial charge in [0.25, 0.3) is 5.97 Å². The number of carboxylic acids is 1. The quantitative estimate of drug-likeness (QED) is 0.527. The van der Waals surface area contributed by atoms with Crippen molar-refractivity contribution in [3.8, 4) is 11.5 Å². The molecule has 0 amide bonds. The van der Waals surface area contributed by atoms with Gasteiger partial charge in [0.2, 0.25) is 0 Å². The number of nitrogens with zero attached hydrogens (tertiary/aromatic N) is 2. The Kier molecular flexibility index (Phi) is 11.5. The fourth-order valence-corrected chi connectivity index (χ4v) is 3.08. The maximum Gasteiger partial charge on any atom is 2.00 e. The van der Waals surface area contributed by atoms with Crippen LogP contribution in [0.5, 0.6) is 11.5 Å². The summed E-state index contributed by atoms with van der Waals surface area (Å²) in [5, 5.41) is 28.2. The summed E-state index contributed by atoms with van der Waals surface area (Å²) in [5.41, 5.74) is 3.46. The van der Waals surface area contributed by atoms with E-state index in [1.807, 2.05) is 36.4 Å². The van der Waals surface area contributed by atoms with Crippen molar-refractivity contribution in [1.29, 1.82) is 0 Å². The minimum Gasteiger partial charge on any atom is -0.507 e. The second kappa shape index (κ2) is 13.6. The molecule has 1 aliphatic rings. The molecule has 3 rings (SSSR count). The summed E-state index contributed by atoms with van der Waals surface area (Å²) >= 11 is 0. The summed E-state index contributed by atoms with van der Waals surface area (Å²) in [6, 6.07) is 11.6. The fourth-order valence-electron chi connectivity index (χ4n) is 3.08. The minimum atomic E-state index is -0.833. The normalized spacial score (nSPS) is 13.9. The number of phenolic OH excluding ortho intramolecular Hbond substituents is 2. The van der Waals surface area contributed by atoms with Crippen LogP contribution in [0, 0.1) is 0 Å². The van der Waals surface area contributed by atoms with Gasteiger partial charge in [-0.1, -0.05) is 30.7 Å². The number of aliphatic imine (C=N–C) groups is 2. The summed E-state index contributed by atoms with van der Waals surface area (Å²) in [7, 11) is 0. The van der Waals surface area contributed by atoms with Gasteiger partial charge in [-0.3, -0.25) is 14.8 Å². The van der Waals surface area contributed by atoms with Crippen molar-refractivity contribution in [2.24, 2.45) is 9.98 Å². The molecule has 2 aromatic carbocycles. The van der Waals surface area contributed by atoms with Crippen molar-refractivity contribution in [3.63, 3.8) is 0 Å². The molecule has 1 heterocycles. The third-order valence-electron chi connectivity index (χ3n) is 4.51. The topological polar surface area (TPSA) is 102 Å². The maximum atomic E-state index is 10.4. The number of carboxylic acid groups (broad SMARTS) is 1. The molecule has 0 saturated carbocycles. The predicted molar refractivity (Wildman–Crippen MR) is 116 cm³/mol. The Balaban J connectivity index is 0.000000827. The Labute approximate surface area is 187 Å². The summed E-state index contributed by atoms with van der Waals surface area (Å²) in [5.74, 6) is -0.160. The monoisotopic (exact) mass is 451 g/mol. The second-order valence-corrected chi connectivity index (χ2v) is 6.86. The molecule has 0 saturated heterocycles. The Bertz CT molecular complexity index is 812. The van der Waals surface area contributed by atoms with E-state index in [1.165, 1.54) is 0 Å². The molecule has 0 atom stereocenters. The number of aliphatic carboxylic acids is 1. The largest absolute Gasteiger partial charge is 2.00 e. The van der Waals surface area contributed by atoms with E-state index in [9.17, 15) is 10.2 Å². The van der Waals surface area contributed by atoms with E-state index in [-0.39, 0.29) is 17.1 Å². The number of carbonyl (C=O) groups is 1. The molecule has 30 heavy (non-hydrogen) atoms. The molecule has 0 aliphatic carbocycles. The first kappa shape index (κ1) is 25.4. The van der Waals surface area contributed by atoms with Gasteiger partial charge in [0.1, 0.15) is 11.5 Å². The molecule has 1 radical (unpaired) electrons. The number of benzene rings is 2. The molecule has 0 aromatic heterocycles. The van der Waals surface area contributed by atoms with Crippen LogP contribution in [0.25, 0.3) is 0 Å². The first-order valence-electron chi connectivity index (χ1n) is 9.80. The Morgan fingerprint density at radius 2 is 1.20 bits per heavy atom. The summed E-state index contributed by atoms with van der Waals surface area (Å²) < 4.78 is 0. The van der Waals surface area contributed by atoms with Crippen LogP contribution in [-0.2, 0) is 34.7 Å². The number of aromatic hydroxyl groups is 2. The standard InChI is InChI=1S/C21H24N2O2.C2H4O2.Mn/c24-20-16-6-2-1-3-7-17-9-5-11-19(21(17)25)15-23-13-12-22-14-18(20)10-4-8-16;1-2(3)4;/h4-5,8-11,14-15,24-25H,1-3,6-7,12-13H2;1H3,(H,3,4);/q;;+2. The number of hydrogen-bond acceptors (Lipinski definition) is 5. The van der Waals surface area contributed by atoms with Crippen molar-refractivity contribution < 1.29 is 37.2 Å². The van der Waals surface area contributed by atoms with Gasteiger partial charge >= 0.3 is 17.1 Å². The van der Waals surface area contributed by atoms with Gasteiger partial charge in [0, 0.05) is 30.5 Å². The SMILES string of the molecule is CC(=O)O.Oc1c2cccc1CCCCCc1cccc(c1O)C=NCCN=C2.[Mn+2]. The number of rotatable bonds is 0. The van der Waals surface area contributed by atoms with Crippen LogP contribution in [0.15, 0.2) is 46.4 Å². The van der Waals surface area contributed by atoms with Crippen LogP contribution in [0.3, 0.4) is 0 Å².